The van der Waals surface area contributed by atoms with Gasteiger partial charge in [0.15, 0.2) is 0 Å². The molecular weight excluding hydrogens is 258 g/mol. The van der Waals surface area contributed by atoms with E-state index >= 15 is 0 Å². The van der Waals surface area contributed by atoms with Crippen LogP contribution in [0.5, 0.6) is 0 Å². The zero-order chi connectivity index (χ0) is 13.2. The molecule has 19 heavy (non-hydrogen) atoms. The van der Waals surface area contributed by atoms with Crippen LogP contribution in [-0.2, 0) is 18.3 Å². The molecule has 0 radical (unpaired) electrons. The Labute approximate surface area is 117 Å². The fourth-order valence-electron chi connectivity index (χ4n) is 2.58. The van der Waals surface area contributed by atoms with Crippen molar-refractivity contribution in [3.63, 3.8) is 0 Å². The van der Waals surface area contributed by atoms with E-state index in [2.05, 4.69) is 37.5 Å². The van der Waals surface area contributed by atoms with Crippen LogP contribution >= 0.6 is 11.3 Å². The van der Waals surface area contributed by atoms with Crippen LogP contribution in [0.1, 0.15) is 23.2 Å². The Balaban J connectivity index is 1.69. The van der Waals surface area contributed by atoms with E-state index in [1.54, 1.807) is 11.3 Å². The molecule has 2 aromatic heterocycles. The van der Waals surface area contributed by atoms with E-state index in [-0.39, 0.29) is 6.10 Å². The summed E-state index contributed by atoms with van der Waals surface area (Å²) in [4.78, 5) is 7.02. The predicted molar refractivity (Wildman–Crippen MR) is 76.2 cm³/mol. The van der Waals surface area contributed by atoms with E-state index < -0.39 is 0 Å². The third kappa shape index (κ3) is 2.88. The van der Waals surface area contributed by atoms with Crippen molar-refractivity contribution in [3.05, 3.63) is 40.1 Å². The maximum absolute atomic E-state index is 5.89. The summed E-state index contributed by atoms with van der Waals surface area (Å²) in [5, 5.41) is 4.35. The van der Waals surface area contributed by atoms with Crippen LogP contribution in [0.25, 0.3) is 0 Å². The smallest absolute Gasteiger partial charge is 0.139 e. The zero-order valence-electron chi connectivity index (χ0n) is 11.4. The summed E-state index contributed by atoms with van der Waals surface area (Å²) in [6, 6.07) is 2.19. The first-order valence-electron chi connectivity index (χ1n) is 6.57. The SMILES string of the molecule is Cc1cn(C)c([C@@H]2CN(Cc3ccsc3)CCO2)n1. The van der Waals surface area contributed by atoms with Crippen molar-refractivity contribution in [2.45, 2.75) is 19.6 Å². The molecule has 1 atom stereocenters. The molecule has 4 nitrogen and oxygen atoms in total. The molecule has 102 valence electrons. The van der Waals surface area contributed by atoms with Crippen LogP contribution in [-0.4, -0.2) is 34.1 Å². The van der Waals surface area contributed by atoms with Crippen molar-refractivity contribution in [1.82, 2.24) is 14.5 Å². The zero-order valence-corrected chi connectivity index (χ0v) is 12.2. The Kier molecular flexibility index (Phi) is 3.68. The average Bonchev–Trinajstić information content (AvgIpc) is 2.99. The van der Waals surface area contributed by atoms with E-state index in [0.29, 0.717) is 0 Å². The van der Waals surface area contributed by atoms with Crippen molar-refractivity contribution in [1.29, 1.82) is 0 Å². The first-order valence-corrected chi connectivity index (χ1v) is 7.51. The number of hydrogen-bond acceptors (Lipinski definition) is 4. The van der Waals surface area contributed by atoms with E-state index in [1.165, 1.54) is 5.56 Å². The Morgan fingerprint density at radius 1 is 1.53 bits per heavy atom. The minimum atomic E-state index is 0.0890. The molecule has 0 spiro atoms. The summed E-state index contributed by atoms with van der Waals surface area (Å²) in [5.41, 5.74) is 2.44. The summed E-state index contributed by atoms with van der Waals surface area (Å²) in [5.74, 6) is 1.03. The van der Waals surface area contributed by atoms with Gasteiger partial charge in [-0.15, -0.1) is 0 Å². The number of hydrogen-bond donors (Lipinski definition) is 0. The van der Waals surface area contributed by atoms with Gasteiger partial charge in [-0.05, 0) is 29.3 Å². The molecule has 0 aromatic carbocycles. The Bertz CT molecular complexity index is 535. The minimum Gasteiger partial charge on any atom is -0.368 e. The maximum Gasteiger partial charge on any atom is 0.139 e. The number of morpholine rings is 1. The maximum atomic E-state index is 5.89. The molecule has 0 amide bonds. The fourth-order valence-corrected chi connectivity index (χ4v) is 3.24. The highest BCUT2D eigenvalue weighted by molar-refractivity contribution is 7.07. The van der Waals surface area contributed by atoms with Gasteiger partial charge in [0.1, 0.15) is 11.9 Å². The van der Waals surface area contributed by atoms with Crippen LogP contribution in [0.15, 0.2) is 23.0 Å². The lowest BCUT2D eigenvalue weighted by molar-refractivity contribution is -0.0383. The molecule has 1 fully saturated rings. The second-order valence-electron chi connectivity index (χ2n) is 5.08. The summed E-state index contributed by atoms with van der Waals surface area (Å²) in [6.07, 6.45) is 2.14. The molecule has 0 aliphatic carbocycles. The molecular formula is C14H19N3OS. The quantitative estimate of drug-likeness (QED) is 0.863. The molecule has 0 N–H and O–H groups in total. The summed E-state index contributed by atoms with van der Waals surface area (Å²) >= 11 is 1.76. The van der Waals surface area contributed by atoms with Crippen molar-refractivity contribution < 1.29 is 4.74 Å². The minimum absolute atomic E-state index is 0.0890. The number of rotatable bonds is 3. The Morgan fingerprint density at radius 3 is 3.11 bits per heavy atom. The fraction of sp³-hybridized carbons (Fsp3) is 0.500. The van der Waals surface area contributed by atoms with Crippen molar-refractivity contribution >= 4 is 11.3 Å². The van der Waals surface area contributed by atoms with Crippen molar-refractivity contribution in [3.8, 4) is 0 Å². The van der Waals surface area contributed by atoms with E-state index in [0.717, 1.165) is 37.8 Å². The Morgan fingerprint density at radius 2 is 2.42 bits per heavy atom. The number of aromatic nitrogens is 2. The van der Waals surface area contributed by atoms with Gasteiger partial charge in [0.2, 0.25) is 0 Å². The van der Waals surface area contributed by atoms with Crippen LogP contribution in [0.2, 0.25) is 0 Å². The molecule has 0 saturated carbocycles. The van der Waals surface area contributed by atoms with E-state index in [1.807, 2.05) is 14.0 Å². The van der Waals surface area contributed by atoms with Crippen LogP contribution < -0.4 is 0 Å². The molecule has 1 aliphatic heterocycles. The van der Waals surface area contributed by atoms with E-state index in [4.69, 9.17) is 4.74 Å². The lowest BCUT2D eigenvalue weighted by Crippen LogP contribution is -2.38. The van der Waals surface area contributed by atoms with Gasteiger partial charge in [0.25, 0.3) is 0 Å². The highest BCUT2D eigenvalue weighted by Gasteiger charge is 2.25. The second kappa shape index (κ2) is 5.45. The summed E-state index contributed by atoms with van der Waals surface area (Å²) < 4.78 is 7.96. The molecule has 3 heterocycles. The van der Waals surface area contributed by atoms with Gasteiger partial charge in [0.05, 0.1) is 12.3 Å². The van der Waals surface area contributed by atoms with Crippen molar-refractivity contribution in [2.24, 2.45) is 7.05 Å². The van der Waals surface area contributed by atoms with E-state index in [9.17, 15) is 0 Å². The monoisotopic (exact) mass is 277 g/mol. The third-order valence-electron chi connectivity index (χ3n) is 3.46. The number of ether oxygens (including phenoxy) is 1. The highest BCUT2D eigenvalue weighted by Crippen LogP contribution is 2.22. The summed E-state index contributed by atoms with van der Waals surface area (Å²) in [6.45, 7) is 5.72. The number of nitrogens with zero attached hydrogens (tertiary/aromatic N) is 3. The van der Waals surface area contributed by atoms with Gasteiger partial charge in [0, 0.05) is 32.9 Å². The molecule has 1 aliphatic rings. The largest absolute Gasteiger partial charge is 0.368 e. The lowest BCUT2D eigenvalue weighted by Gasteiger charge is -2.32. The van der Waals surface area contributed by atoms with Gasteiger partial charge < -0.3 is 9.30 Å². The standard InChI is InChI=1S/C14H19N3OS/c1-11-7-16(2)14(15-11)13-9-17(4-5-18-13)8-12-3-6-19-10-12/h3,6-7,10,13H,4-5,8-9H2,1-2H3/t13-/m0/s1. The number of imidazole rings is 1. The molecule has 0 unspecified atom stereocenters. The van der Waals surface area contributed by atoms with Gasteiger partial charge in [-0.25, -0.2) is 4.98 Å². The highest BCUT2D eigenvalue weighted by atomic mass is 32.1. The van der Waals surface area contributed by atoms with Crippen LogP contribution in [0.3, 0.4) is 0 Å². The Hall–Kier alpha value is -1.17. The van der Waals surface area contributed by atoms with Gasteiger partial charge >= 0.3 is 0 Å². The normalized spacial score (nSPS) is 20.8. The van der Waals surface area contributed by atoms with Gasteiger partial charge in [-0.3, -0.25) is 4.90 Å². The summed E-state index contributed by atoms with van der Waals surface area (Å²) in [7, 11) is 2.04. The molecule has 0 bridgehead atoms. The molecule has 1 saturated heterocycles. The average molecular weight is 277 g/mol. The van der Waals surface area contributed by atoms with Gasteiger partial charge in [-0.2, -0.15) is 11.3 Å². The first kappa shape index (κ1) is 12.8. The van der Waals surface area contributed by atoms with Crippen LogP contribution in [0.4, 0.5) is 0 Å². The van der Waals surface area contributed by atoms with Gasteiger partial charge in [-0.1, -0.05) is 0 Å². The topological polar surface area (TPSA) is 30.3 Å². The van der Waals surface area contributed by atoms with Crippen LogP contribution in [0, 0.1) is 6.92 Å². The second-order valence-corrected chi connectivity index (χ2v) is 5.86. The number of aryl methyl sites for hydroxylation is 2. The molecule has 5 heteroatoms. The van der Waals surface area contributed by atoms with Crippen molar-refractivity contribution in [2.75, 3.05) is 19.7 Å². The molecule has 2 aromatic rings. The predicted octanol–water partition coefficient (Wildman–Crippen LogP) is 2.36. The lowest BCUT2D eigenvalue weighted by atomic mass is 10.2. The molecule has 3 rings (SSSR count). The third-order valence-corrected chi connectivity index (χ3v) is 4.19. The number of thiophene rings is 1. The first-order chi connectivity index (χ1) is 9.22.